The first-order valence-electron chi connectivity index (χ1n) is 6.53. The van der Waals surface area contributed by atoms with Crippen LogP contribution in [0.25, 0.3) is 0 Å². The molecule has 1 aromatic rings. The molecular weight excluding hydrogens is 296 g/mol. The Bertz CT molecular complexity index is 492. The number of thiocarbonyl (C=S) groups is 1. The first kappa shape index (κ1) is 15.1. The maximum absolute atomic E-state index is 11.9. The van der Waals surface area contributed by atoms with E-state index >= 15 is 0 Å². The largest absolute Gasteiger partial charge is 0.484 e. The van der Waals surface area contributed by atoms with Gasteiger partial charge in [-0.25, -0.2) is 0 Å². The third-order valence-electron chi connectivity index (χ3n) is 3.41. The summed E-state index contributed by atoms with van der Waals surface area (Å²) in [4.78, 5) is 12.3. The number of nitrogens with two attached hydrogens (primary N) is 1. The molecule has 1 aliphatic carbocycles. The number of benzene rings is 1. The Morgan fingerprint density at radius 1 is 1.40 bits per heavy atom. The SMILES string of the molecule is NC(=S)C1CCCC1NC(=O)COc1ccc(Cl)cc1. The van der Waals surface area contributed by atoms with Gasteiger partial charge in [-0.1, -0.05) is 30.2 Å². The van der Waals surface area contributed by atoms with E-state index in [0.717, 1.165) is 19.3 Å². The third kappa shape index (κ3) is 4.08. The minimum Gasteiger partial charge on any atom is -0.484 e. The molecule has 1 amide bonds. The number of hydrogen-bond acceptors (Lipinski definition) is 3. The van der Waals surface area contributed by atoms with Gasteiger partial charge in [0.25, 0.3) is 5.91 Å². The molecule has 1 aliphatic rings. The molecule has 0 saturated heterocycles. The van der Waals surface area contributed by atoms with Gasteiger partial charge in [0.05, 0.1) is 4.99 Å². The molecule has 4 nitrogen and oxygen atoms in total. The average Bonchev–Trinajstić information content (AvgIpc) is 2.86. The van der Waals surface area contributed by atoms with Crippen LogP contribution in [0.2, 0.25) is 5.02 Å². The molecule has 1 aromatic carbocycles. The summed E-state index contributed by atoms with van der Waals surface area (Å²) in [6.45, 7) is -0.0256. The number of carbonyl (C=O) groups excluding carboxylic acids is 1. The van der Waals surface area contributed by atoms with Crippen molar-refractivity contribution in [3.05, 3.63) is 29.3 Å². The zero-order valence-electron chi connectivity index (χ0n) is 11.0. The van der Waals surface area contributed by atoms with Gasteiger partial charge in [0.2, 0.25) is 0 Å². The number of halogens is 1. The van der Waals surface area contributed by atoms with E-state index in [9.17, 15) is 4.79 Å². The number of nitrogens with one attached hydrogen (secondary N) is 1. The van der Waals surface area contributed by atoms with Crippen LogP contribution in [0.15, 0.2) is 24.3 Å². The molecule has 0 radical (unpaired) electrons. The summed E-state index contributed by atoms with van der Waals surface area (Å²) in [5.41, 5.74) is 5.68. The van der Waals surface area contributed by atoms with Crippen LogP contribution in [0.4, 0.5) is 0 Å². The highest BCUT2D eigenvalue weighted by Gasteiger charge is 2.30. The Morgan fingerprint density at radius 3 is 2.75 bits per heavy atom. The molecule has 0 bridgehead atoms. The van der Waals surface area contributed by atoms with Crippen LogP contribution in [0, 0.1) is 5.92 Å². The molecule has 2 unspecified atom stereocenters. The fraction of sp³-hybridized carbons (Fsp3) is 0.429. The average molecular weight is 313 g/mol. The molecule has 0 aromatic heterocycles. The minimum absolute atomic E-state index is 0.0256. The van der Waals surface area contributed by atoms with Crippen molar-refractivity contribution in [2.75, 3.05) is 6.61 Å². The van der Waals surface area contributed by atoms with Crippen LogP contribution in [0.3, 0.4) is 0 Å². The van der Waals surface area contributed by atoms with Crippen molar-refractivity contribution in [3.63, 3.8) is 0 Å². The summed E-state index contributed by atoms with van der Waals surface area (Å²) < 4.78 is 5.39. The fourth-order valence-corrected chi connectivity index (χ4v) is 2.81. The molecule has 0 heterocycles. The Morgan fingerprint density at radius 2 is 2.10 bits per heavy atom. The summed E-state index contributed by atoms with van der Waals surface area (Å²) in [6, 6.07) is 6.92. The molecule has 1 saturated carbocycles. The summed E-state index contributed by atoms with van der Waals surface area (Å²) in [7, 11) is 0. The van der Waals surface area contributed by atoms with Crippen LogP contribution in [-0.4, -0.2) is 23.5 Å². The molecule has 2 rings (SSSR count). The second-order valence-electron chi connectivity index (χ2n) is 4.86. The molecule has 108 valence electrons. The van der Waals surface area contributed by atoms with Crippen molar-refractivity contribution in [2.24, 2.45) is 11.7 Å². The number of amides is 1. The minimum atomic E-state index is -0.159. The van der Waals surface area contributed by atoms with E-state index in [4.69, 9.17) is 34.3 Å². The van der Waals surface area contributed by atoms with Crippen molar-refractivity contribution >= 4 is 34.7 Å². The van der Waals surface area contributed by atoms with Crippen molar-refractivity contribution in [3.8, 4) is 5.75 Å². The highest BCUT2D eigenvalue weighted by atomic mass is 35.5. The molecule has 0 aliphatic heterocycles. The van der Waals surface area contributed by atoms with Gasteiger partial charge in [0, 0.05) is 17.0 Å². The Hall–Kier alpha value is -1.33. The number of ether oxygens (including phenoxy) is 1. The first-order valence-corrected chi connectivity index (χ1v) is 7.32. The lowest BCUT2D eigenvalue weighted by Gasteiger charge is -2.19. The maximum atomic E-state index is 11.9. The van der Waals surface area contributed by atoms with E-state index < -0.39 is 0 Å². The van der Waals surface area contributed by atoms with Gasteiger partial charge in [-0.15, -0.1) is 0 Å². The molecule has 20 heavy (non-hydrogen) atoms. The van der Waals surface area contributed by atoms with E-state index in [1.54, 1.807) is 24.3 Å². The predicted molar refractivity (Wildman–Crippen MR) is 83.0 cm³/mol. The fourth-order valence-electron chi connectivity index (χ4n) is 2.40. The van der Waals surface area contributed by atoms with Crippen molar-refractivity contribution in [1.82, 2.24) is 5.32 Å². The summed E-state index contributed by atoms with van der Waals surface area (Å²) in [5.74, 6) is 0.555. The van der Waals surface area contributed by atoms with Crippen LogP contribution in [0.5, 0.6) is 5.75 Å². The molecule has 3 N–H and O–H groups in total. The highest BCUT2D eigenvalue weighted by Crippen LogP contribution is 2.25. The lowest BCUT2D eigenvalue weighted by Crippen LogP contribution is -2.43. The predicted octanol–water partition coefficient (Wildman–Crippen LogP) is 2.29. The van der Waals surface area contributed by atoms with Gasteiger partial charge in [0.15, 0.2) is 6.61 Å². The topological polar surface area (TPSA) is 64.3 Å². The van der Waals surface area contributed by atoms with Crippen molar-refractivity contribution < 1.29 is 9.53 Å². The van der Waals surface area contributed by atoms with E-state index in [2.05, 4.69) is 5.32 Å². The zero-order chi connectivity index (χ0) is 14.5. The molecule has 2 atom stereocenters. The molecule has 0 spiro atoms. The number of carbonyl (C=O) groups is 1. The lowest BCUT2D eigenvalue weighted by atomic mass is 10.0. The Kier molecular flexibility index (Phi) is 5.20. The first-order chi connectivity index (χ1) is 9.56. The van der Waals surface area contributed by atoms with Gasteiger partial charge >= 0.3 is 0 Å². The Balaban J connectivity index is 1.80. The maximum Gasteiger partial charge on any atom is 0.258 e. The quantitative estimate of drug-likeness (QED) is 0.819. The normalized spacial score (nSPS) is 21.4. The van der Waals surface area contributed by atoms with E-state index in [0.29, 0.717) is 15.8 Å². The summed E-state index contributed by atoms with van der Waals surface area (Å²) >= 11 is 10.8. The highest BCUT2D eigenvalue weighted by molar-refractivity contribution is 7.80. The zero-order valence-corrected chi connectivity index (χ0v) is 12.5. The molecular formula is C14H17ClN2O2S. The number of rotatable bonds is 5. The van der Waals surface area contributed by atoms with E-state index in [1.165, 1.54) is 0 Å². The number of hydrogen-bond donors (Lipinski definition) is 2. The van der Waals surface area contributed by atoms with E-state index in [1.807, 2.05) is 0 Å². The van der Waals surface area contributed by atoms with Gasteiger partial charge in [0.1, 0.15) is 5.75 Å². The van der Waals surface area contributed by atoms with Crippen LogP contribution in [-0.2, 0) is 4.79 Å². The van der Waals surface area contributed by atoms with Gasteiger partial charge in [-0.05, 0) is 37.1 Å². The van der Waals surface area contributed by atoms with Crippen LogP contribution < -0.4 is 15.8 Å². The second kappa shape index (κ2) is 6.90. The van der Waals surface area contributed by atoms with Crippen molar-refractivity contribution in [2.45, 2.75) is 25.3 Å². The summed E-state index contributed by atoms with van der Waals surface area (Å²) in [6.07, 6.45) is 2.89. The Labute approximate surface area is 128 Å². The third-order valence-corrected chi connectivity index (χ3v) is 3.97. The van der Waals surface area contributed by atoms with Crippen LogP contribution >= 0.6 is 23.8 Å². The van der Waals surface area contributed by atoms with Crippen LogP contribution in [0.1, 0.15) is 19.3 Å². The smallest absolute Gasteiger partial charge is 0.258 e. The monoisotopic (exact) mass is 312 g/mol. The standard InChI is InChI=1S/C14H17ClN2O2S/c15-9-4-6-10(7-5-9)19-8-13(18)17-12-3-1-2-11(12)14(16)20/h4-7,11-12H,1-3,8H2,(H2,16,20)(H,17,18). The van der Waals surface area contributed by atoms with Gasteiger partial charge < -0.3 is 15.8 Å². The van der Waals surface area contributed by atoms with E-state index in [-0.39, 0.29) is 24.5 Å². The second-order valence-corrected chi connectivity index (χ2v) is 5.76. The molecule has 1 fully saturated rings. The molecule has 6 heteroatoms. The lowest BCUT2D eigenvalue weighted by molar-refractivity contribution is -0.123. The summed E-state index contributed by atoms with van der Waals surface area (Å²) in [5, 5.41) is 3.57. The van der Waals surface area contributed by atoms with Gasteiger partial charge in [-0.3, -0.25) is 4.79 Å². The van der Waals surface area contributed by atoms with Crippen molar-refractivity contribution in [1.29, 1.82) is 0 Å². The van der Waals surface area contributed by atoms with Gasteiger partial charge in [-0.2, -0.15) is 0 Å².